The summed E-state index contributed by atoms with van der Waals surface area (Å²) >= 11 is 11.9. The number of halogens is 2. The van der Waals surface area contributed by atoms with Crippen molar-refractivity contribution in [3.8, 4) is 5.75 Å². The third-order valence-electron chi connectivity index (χ3n) is 2.10. The fraction of sp³-hybridized carbons (Fsp3) is 0.455. The minimum Gasteiger partial charge on any atom is -0.487 e. The van der Waals surface area contributed by atoms with E-state index in [-0.39, 0.29) is 6.10 Å². The smallest absolute Gasteiger partial charge is 0.139 e. The number of nitrogens with one attached hydrogen (secondary N) is 1. The molecule has 0 spiro atoms. The second-order valence-electron chi connectivity index (χ2n) is 3.26. The van der Waals surface area contributed by atoms with Gasteiger partial charge in [0, 0.05) is 6.54 Å². The molecule has 0 saturated heterocycles. The van der Waals surface area contributed by atoms with Gasteiger partial charge in [0.2, 0.25) is 0 Å². The lowest BCUT2D eigenvalue weighted by Crippen LogP contribution is -2.28. The topological polar surface area (TPSA) is 21.3 Å². The molecule has 0 aliphatic rings. The summed E-state index contributed by atoms with van der Waals surface area (Å²) in [5, 5.41) is 4.07. The highest BCUT2D eigenvalue weighted by molar-refractivity contribution is 6.42. The SMILES string of the molecule is CCC(CNC)Oc1cccc(Cl)c1Cl. The molecule has 0 aromatic heterocycles. The molecule has 1 atom stereocenters. The maximum Gasteiger partial charge on any atom is 0.139 e. The van der Waals surface area contributed by atoms with Gasteiger partial charge in [-0.2, -0.15) is 0 Å². The fourth-order valence-corrected chi connectivity index (χ4v) is 1.59. The van der Waals surface area contributed by atoms with Gasteiger partial charge in [0.15, 0.2) is 0 Å². The molecule has 1 rings (SSSR count). The van der Waals surface area contributed by atoms with Crippen LogP contribution in [-0.4, -0.2) is 19.7 Å². The van der Waals surface area contributed by atoms with Crippen LogP contribution in [0.4, 0.5) is 0 Å². The molecule has 84 valence electrons. The van der Waals surface area contributed by atoms with Gasteiger partial charge in [-0.15, -0.1) is 0 Å². The zero-order chi connectivity index (χ0) is 11.3. The Morgan fingerprint density at radius 1 is 1.40 bits per heavy atom. The fourth-order valence-electron chi connectivity index (χ4n) is 1.25. The highest BCUT2D eigenvalue weighted by Gasteiger charge is 2.11. The summed E-state index contributed by atoms with van der Waals surface area (Å²) in [4.78, 5) is 0. The second kappa shape index (κ2) is 6.21. The van der Waals surface area contributed by atoms with Crippen LogP contribution in [0.25, 0.3) is 0 Å². The molecule has 0 saturated carbocycles. The van der Waals surface area contributed by atoms with Gasteiger partial charge in [-0.05, 0) is 25.6 Å². The van der Waals surface area contributed by atoms with Crippen LogP contribution in [0.1, 0.15) is 13.3 Å². The van der Waals surface area contributed by atoms with E-state index in [0.29, 0.717) is 15.8 Å². The summed E-state index contributed by atoms with van der Waals surface area (Å²) in [6.07, 6.45) is 1.04. The van der Waals surface area contributed by atoms with E-state index >= 15 is 0 Å². The number of likely N-dealkylation sites (N-methyl/N-ethyl adjacent to an activating group) is 1. The standard InChI is InChI=1S/C11H15Cl2NO/c1-3-8(7-14-2)15-10-6-4-5-9(12)11(10)13/h4-6,8,14H,3,7H2,1-2H3. The number of ether oxygens (including phenoxy) is 1. The van der Waals surface area contributed by atoms with Crippen molar-refractivity contribution in [2.24, 2.45) is 0 Å². The van der Waals surface area contributed by atoms with E-state index in [2.05, 4.69) is 12.2 Å². The Bertz CT molecular complexity index is 317. The Hall–Kier alpha value is -0.440. The maximum atomic E-state index is 6.02. The molecular formula is C11H15Cl2NO. The summed E-state index contributed by atoms with van der Waals surface area (Å²) in [6.45, 7) is 2.86. The van der Waals surface area contributed by atoms with Crippen molar-refractivity contribution in [2.45, 2.75) is 19.4 Å². The van der Waals surface area contributed by atoms with Crippen molar-refractivity contribution in [3.63, 3.8) is 0 Å². The van der Waals surface area contributed by atoms with Crippen molar-refractivity contribution < 1.29 is 4.74 Å². The van der Waals surface area contributed by atoms with Gasteiger partial charge in [0.05, 0.1) is 5.02 Å². The first-order valence-electron chi connectivity index (χ1n) is 4.94. The quantitative estimate of drug-likeness (QED) is 0.862. The Labute approximate surface area is 101 Å². The van der Waals surface area contributed by atoms with Crippen LogP contribution >= 0.6 is 23.2 Å². The highest BCUT2D eigenvalue weighted by Crippen LogP contribution is 2.32. The van der Waals surface area contributed by atoms with Gasteiger partial charge >= 0.3 is 0 Å². The van der Waals surface area contributed by atoms with Crippen LogP contribution < -0.4 is 10.1 Å². The third kappa shape index (κ3) is 3.56. The van der Waals surface area contributed by atoms with Gasteiger partial charge in [-0.3, -0.25) is 0 Å². The van der Waals surface area contributed by atoms with Crippen molar-refractivity contribution in [1.82, 2.24) is 5.32 Å². The minimum atomic E-state index is 0.117. The summed E-state index contributed by atoms with van der Waals surface area (Å²) in [6, 6.07) is 5.40. The first-order valence-corrected chi connectivity index (χ1v) is 5.69. The predicted octanol–water partition coefficient (Wildman–Crippen LogP) is 3.37. The van der Waals surface area contributed by atoms with E-state index in [1.165, 1.54) is 0 Å². The zero-order valence-electron chi connectivity index (χ0n) is 8.89. The number of hydrogen-bond acceptors (Lipinski definition) is 2. The molecule has 0 radical (unpaired) electrons. The summed E-state index contributed by atoms with van der Waals surface area (Å²) in [7, 11) is 1.89. The van der Waals surface area contributed by atoms with Gasteiger partial charge in [0.1, 0.15) is 16.9 Å². The van der Waals surface area contributed by atoms with Gasteiger partial charge in [-0.1, -0.05) is 36.2 Å². The first-order chi connectivity index (χ1) is 7.19. The molecule has 1 aromatic carbocycles. The summed E-state index contributed by atoms with van der Waals surface area (Å²) in [5.41, 5.74) is 0. The number of rotatable bonds is 5. The van der Waals surface area contributed by atoms with E-state index in [4.69, 9.17) is 27.9 Å². The molecule has 2 nitrogen and oxygen atoms in total. The van der Waals surface area contributed by atoms with Crippen molar-refractivity contribution in [3.05, 3.63) is 28.2 Å². The minimum absolute atomic E-state index is 0.117. The molecule has 0 fully saturated rings. The lowest BCUT2D eigenvalue weighted by Gasteiger charge is -2.18. The summed E-state index contributed by atoms with van der Waals surface area (Å²) < 4.78 is 5.74. The van der Waals surface area contributed by atoms with E-state index < -0.39 is 0 Å². The van der Waals surface area contributed by atoms with Gasteiger partial charge in [-0.25, -0.2) is 0 Å². The Morgan fingerprint density at radius 2 is 2.13 bits per heavy atom. The Kier molecular flexibility index (Phi) is 5.23. The molecule has 1 unspecified atom stereocenters. The van der Waals surface area contributed by atoms with Crippen LogP contribution in [0.15, 0.2) is 18.2 Å². The van der Waals surface area contributed by atoms with Gasteiger partial charge in [0.25, 0.3) is 0 Å². The monoisotopic (exact) mass is 247 g/mol. The number of hydrogen-bond donors (Lipinski definition) is 1. The molecule has 4 heteroatoms. The van der Waals surface area contributed by atoms with E-state index in [0.717, 1.165) is 13.0 Å². The van der Waals surface area contributed by atoms with Crippen LogP contribution in [-0.2, 0) is 0 Å². The normalized spacial score (nSPS) is 12.5. The molecule has 0 bridgehead atoms. The molecular weight excluding hydrogens is 233 g/mol. The molecule has 0 aliphatic carbocycles. The van der Waals surface area contributed by atoms with Crippen LogP contribution in [0, 0.1) is 0 Å². The predicted molar refractivity (Wildman–Crippen MR) is 65.1 cm³/mol. The van der Waals surface area contributed by atoms with E-state index in [1.54, 1.807) is 6.07 Å². The lowest BCUT2D eigenvalue weighted by molar-refractivity contribution is 0.196. The van der Waals surface area contributed by atoms with Gasteiger partial charge < -0.3 is 10.1 Å². The van der Waals surface area contributed by atoms with E-state index in [9.17, 15) is 0 Å². The van der Waals surface area contributed by atoms with Crippen LogP contribution in [0.3, 0.4) is 0 Å². The lowest BCUT2D eigenvalue weighted by atomic mass is 10.2. The average Bonchev–Trinajstić information content (AvgIpc) is 2.24. The molecule has 0 heterocycles. The first kappa shape index (κ1) is 12.6. The Balaban J connectivity index is 2.74. The maximum absolute atomic E-state index is 6.02. The molecule has 15 heavy (non-hydrogen) atoms. The largest absolute Gasteiger partial charge is 0.487 e. The average molecular weight is 248 g/mol. The second-order valence-corrected chi connectivity index (χ2v) is 4.04. The van der Waals surface area contributed by atoms with Crippen molar-refractivity contribution in [1.29, 1.82) is 0 Å². The highest BCUT2D eigenvalue weighted by atomic mass is 35.5. The van der Waals surface area contributed by atoms with Crippen LogP contribution in [0.5, 0.6) is 5.75 Å². The molecule has 0 amide bonds. The molecule has 1 N–H and O–H groups in total. The zero-order valence-corrected chi connectivity index (χ0v) is 10.4. The van der Waals surface area contributed by atoms with Crippen molar-refractivity contribution >= 4 is 23.2 Å². The molecule has 0 aliphatic heterocycles. The van der Waals surface area contributed by atoms with E-state index in [1.807, 2.05) is 19.2 Å². The third-order valence-corrected chi connectivity index (χ3v) is 2.90. The Morgan fingerprint density at radius 3 is 2.73 bits per heavy atom. The van der Waals surface area contributed by atoms with Crippen molar-refractivity contribution in [2.75, 3.05) is 13.6 Å². The molecule has 1 aromatic rings. The number of benzene rings is 1. The summed E-state index contributed by atoms with van der Waals surface area (Å²) in [5.74, 6) is 0.645. The van der Waals surface area contributed by atoms with Crippen LogP contribution in [0.2, 0.25) is 10.0 Å².